The molecule has 1 atom stereocenters. The predicted octanol–water partition coefficient (Wildman–Crippen LogP) is 1.52. The van der Waals surface area contributed by atoms with E-state index in [4.69, 9.17) is 5.73 Å². The van der Waals surface area contributed by atoms with Crippen LogP contribution in [-0.2, 0) is 17.6 Å². The van der Waals surface area contributed by atoms with Crippen LogP contribution in [0, 0.1) is 0 Å². The van der Waals surface area contributed by atoms with Crippen molar-refractivity contribution in [3.05, 3.63) is 23.2 Å². The molecule has 1 aliphatic rings. The molecule has 2 rings (SSSR count). The van der Waals surface area contributed by atoms with Crippen LogP contribution in [0.5, 0.6) is 0 Å². The maximum absolute atomic E-state index is 13.0. The molecule has 7 heteroatoms. The van der Waals surface area contributed by atoms with Gasteiger partial charge < -0.3 is 11.1 Å². The van der Waals surface area contributed by atoms with Crippen molar-refractivity contribution in [1.82, 2.24) is 10.3 Å². The number of hydrogen-bond acceptors (Lipinski definition) is 4. The van der Waals surface area contributed by atoms with Crippen LogP contribution >= 0.6 is 11.3 Å². The molecule has 4 nitrogen and oxygen atoms in total. The Morgan fingerprint density at radius 1 is 1.67 bits per heavy atom. The third kappa shape index (κ3) is 2.50. The fraction of sp³-hybridized carbons (Fsp3) is 0.455. The summed E-state index contributed by atoms with van der Waals surface area (Å²) in [6, 6.07) is -0.296. The summed E-state index contributed by atoms with van der Waals surface area (Å²) >= 11 is 1.34. The summed E-state index contributed by atoms with van der Waals surface area (Å²) in [4.78, 5) is 16.4. The molecule has 98 valence electrons. The van der Waals surface area contributed by atoms with Crippen molar-refractivity contribution in [1.29, 1.82) is 0 Å². The fourth-order valence-electron chi connectivity index (χ4n) is 1.89. The molecule has 0 saturated heterocycles. The van der Waals surface area contributed by atoms with Crippen LogP contribution in [0.2, 0.25) is 0 Å². The van der Waals surface area contributed by atoms with E-state index >= 15 is 0 Å². The Morgan fingerprint density at radius 2 is 2.39 bits per heavy atom. The highest BCUT2D eigenvalue weighted by Crippen LogP contribution is 2.28. The van der Waals surface area contributed by atoms with E-state index in [-0.39, 0.29) is 6.04 Å². The smallest absolute Gasteiger partial charge is 0.342 e. The fourth-order valence-corrected chi connectivity index (χ4v) is 2.85. The molecule has 1 aromatic rings. The van der Waals surface area contributed by atoms with E-state index < -0.39 is 11.8 Å². The van der Waals surface area contributed by atoms with E-state index in [1.54, 1.807) is 0 Å². The van der Waals surface area contributed by atoms with E-state index in [1.165, 1.54) is 11.3 Å². The minimum Gasteiger partial charge on any atom is -0.375 e. The molecule has 0 radical (unpaired) electrons. The zero-order valence-electron chi connectivity index (χ0n) is 9.58. The summed E-state index contributed by atoms with van der Waals surface area (Å²) in [6.07, 6.45) is 2.09. The number of anilines is 1. The molecule has 0 saturated carbocycles. The Labute approximate surface area is 107 Å². The van der Waals surface area contributed by atoms with Gasteiger partial charge in [0.1, 0.15) is 0 Å². The normalized spacial score (nSPS) is 19.1. The summed E-state index contributed by atoms with van der Waals surface area (Å²) in [5.74, 6) is -4.82. The van der Waals surface area contributed by atoms with Crippen LogP contribution < -0.4 is 11.1 Å². The molecule has 1 aromatic heterocycles. The summed E-state index contributed by atoms with van der Waals surface area (Å²) in [7, 11) is 0. The highest BCUT2D eigenvalue weighted by atomic mass is 32.1. The van der Waals surface area contributed by atoms with Gasteiger partial charge in [0.15, 0.2) is 5.13 Å². The number of nitrogen functional groups attached to an aromatic ring is 1. The molecule has 0 aliphatic heterocycles. The Bertz CT molecular complexity index is 487. The van der Waals surface area contributed by atoms with Crippen molar-refractivity contribution in [2.24, 2.45) is 0 Å². The van der Waals surface area contributed by atoms with Crippen molar-refractivity contribution in [2.75, 3.05) is 5.73 Å². The summed E-state index contributed by atoms with van der Waals surface area (Å²) in [5.41, 5.74) is 6.50. The maximum atomic E-state index is 13.0. The molecule has 1 heterocycles. The van der Waals surface area contributed by atoms with Crippen molar-refractivity contribution in [3.8, 4) is 0 Å². The average Bonchev–Trinajstić information content (AvgIpc) is 2.68. The first-order valence-electron chi connectivity index (χ1n) is 5.49. The van der Waals surface area contributed by atoms with Gasteiger partial charge in [0.25, 0.3) is 5.91 Å². The lowest BCUT2D eigenvalue weighted by Gasteiger charge is -2.23. The van der Waals surface area contributed by atoms with Crippen molar-refractivity contribution in [2.45, 2.75) is 31.2 Å². The number of thiazole rings is 1. The van der Waals surface area contributed by atoms with Gasteiger partial charge in [0.05, 0.1) is 5.69 Å². The van der Waals surface area contributed by atoms with Gasteiger partial charge in [-0.15, -0.1) is 11.3 Å². The summed E-state index contributed by atoms with van der Waals surface area (Å²) in [5, 5.41) is 2.81. The quantitative estimate of drug-likeness (QED) is 0.820. The molecule has 1 aliphatic carbocycles. The lowest BCUT2D eigenvalue weighted by atomic mass is 9.97. The lowest BCUT2D eigenvalue weighted by Crippen LogP contribution is -2.46. The second-order valence-corrected chi connectivity index (χ2v) is 5.28. The van der Waals surface area contributed by atoms with Crippen LogP contribution in [0.1, 0.15) is 17.0 Å². The highest BCUT2D eigenvalue weighted by Gasteiger charge is 2.36. The lowest BCUT2D eigenvalue weighted by molar-refractivity contribution is -0.140. The number of nitrogens with two attached hydrogens (primary N) is 1. The van der Waals surface area contributed by atoms with E-state index in [9.17, 15) is 13.6 Å². The van der Waals surface area contributed by atoms with Crippen LogP contribution in [0.4, 0.5) is 13.9 Å². The van der Waals surface area contributed by atoms with Crippen LogP contribution in [0.25, 0.3) is 0 Å². The Hall–Kier alpha value is -1.50. The number of fused-ring (bicyclic) bond motifs is 1. The standard InChI is InChI=1S/C11H13F2N3OS/c1-2-11(12,13)9(17)15-6-3-4-7-8(5-6)18-10(14)16-7/h2,6H,1,3-5H2,(H2,14,16)(H,15,17)/t6-/m0/s1. The first-order valence-corrected chi connectivity index (χ1v) is 6.30. The molecule has 1 amide bonds. The van der Waals surface area contributed by atoms with Gasteiger partial charge in [-0.2, -0.15) is 8.78 Å². The number of halogens is 2. The van der Waals surface area contributed by atoms with E-state index in [1.807, 2.05) is 0 Å². The van der Waals surface area contributed by atoms with Crippen molar-refractivity contribution >= 4 is 22.4 Å². The number of carbonyl (C=O) groups excluding carboxylic acids is 1. The number of hydrogen-bond donors (Lipinski definition) is 2. The Kier molecular flexibility index (Phi) is 3.34. The minimum atomic E-state index is -3.52. The molecule has 0 fully saturated rings. The van der Waals surface area contributed by atoms with Crippen molar-refractivity contribution in [3.63, 3.8) is 0 Å². The van der Waals surface area contributed by atoms with E-state index in [0.29, 0.717) is 30.5 Å². The molecule has 3 N–H and O–H groups in total. The Balaban J connectivity index is 2.02. The zero-order chi connectivity index (χ0) is 13.3. The molecule has 0 spiro atoms. The van der Waals surface area contributed by atoms with Gasteiger partial charge in [0, 0.05) is 17.3 Å². The number of carbonyl (C=O) groups is 1. The Morgan fingerprint density at radius 3 is 3.06 bits per heavy atom. The van der Waals surface area contributed by atoms with Crippen molar-refractivity contribution < 1.29 is 13.6 Å². The molecular weight excluding hydrogens is 260 g/mol. The zero-order valence-corrected chi connectivity index (χ0v) is 10.4. The number of nitrogens with zero attached hydrogens (tertiary/aromatic N) is 1. The first kappa shape index (κ1) is 12.9. The number of alkyl halides is 2. The van der Waals surface area contributed by atoms with Crippen LogP contribution in [0.3, 0.4) is 0 Å². The number of amides is 1. The van der Waals surface area contributed by atoms with Crippen LogP contribution in [-0.4, -0.2) is 22.9 Å². The molecule has 0 bridgehead atoms. The number of aryl methyl sites for hydroxylation is 1. The molecule has 0 unspecified atom stereocenters. The number of aromatic nitrogens is 1. The summed E-state index contributed by atoms with van der Waals surface area (Å²) < 4.78 is 26.1. The first-order chi connectivity index (χ1) is 8.42. The second-order valence-electron chi connectivity index (χ2n) is 4.16. The van der Waals surface area contributed by atoms with E-state index in [0.717, 1.165) is 10.6 Å². The van der Waals surface area contributed by atoms with Gasteiger partial charge in [0.2, 0.25) is 0 Å². The monoisotopic (exact) mass is 273 g/mol. The van der Waals surface area contributed by atoms with Crippen LogP contribution in [0.15, 0.2) is 12.7 Å². The van der Waals surface area contributed by atoms with Gasteiger partial charge >= 0.3 is 5.92 Å². The third-order valence-corrected chi connectivity index (χ3v) is 3.80. The average molecular weight is 273 g/mol. The van der Waals surface area contributed by atoms with Gasteiger partial charge in [-0.25, -0.2) is 4.98 Å². The SMILES string of the molecule is C=CC(F)(F)C(=O)N[C@H]1CCc2nc(N)sc2C1. The third-order valence-electron chi connectivity index (χ3n) is 2.85. The second kappa shape index (κ2) is 4.64. The molecular formula is C11H13F2N3OS. The van der Waals surface area contributed by atoms with E-state index in [2.05, 4.69) is 16.9 Å². The largest absolute Gasteiger partial charge is 0.375 e. The number of rotatable bonds is 3. The van der Waals surface area contributed by atoms with Gasteiger partial charge in [-0.3, -0.25) is 4.79 Å². The minimum absolute atomic E-state index is 0.296. The number of nitrogens with one attached hydrogen (secondary N) is 1. The molecule has 0 aromatic carbocycles. The molecule has 18 heavy (non-hydrogen) atoms. The predicted molar refractivity (Wildman–Crippen MR) is 65.6 cm³/mol. The topological polar surface area (TPSA) is 68.0 Å². The highest BCUT2D eigenvalue weighted by molar-refractivity contribution is 7.15. The van der Waals surface area contributed by atoms with Gasteiger partial charge in [-0.05, 0) is 18.9 Å². The van der Waals surface area contributed by atoms with Gasteiger partial charge in [-0.1, -0.05) is 6.58 Å². The maximum Gasteiger partial charge on any atom is 0.342 e. The summed E-state index contributed by atoms with van der Waals surface area (Å²) in [6.45, 7) is 2.95.